The summed E-state index contributed by atoms with van der Waals surface area (Å²) < 4.78 is 11.0. The average Bonchev–Trinajstić information content (AvgIpc) is 2.48. The predicted octanol–water partition coefficient (Wildman–Crippen LogP) is 2.23. The van der Waals surface area contributed by atoms with Crippen molar-refractivity contribution in [1.82, 2.24) is 4.90 Å². The van der Waals surface area contributed by atoms with Crippen LogP contribution in [0.1, 0.15) is 31.9 Å². The number of ether oxygens (including phenoxy) is 2. The van der Waals surface area contributed by atoms with Gasteiger partial charge in [-0.25, -0.2) is 0 Å². The molecule has 0 aliphatic carbocycles. The van der Waals surface area contributed by atoms with Crippen molar-refractivity contribution in [2.75, 3.05) is 32.9 Å². The quantitative estimate of drug-likeness (QED) is 0.867. The molecule has 20 heavy (non-hydrogen) atoms. The fourth-order valence-electron chi connectivity index (χ4n) is 2.37. The molecule has 1 fully saturated rings. The third-order valence-electron chi connectivity index (χ3n) is 3.65. The number of β-amino-alcohol motifs (C(OH)–C–C–N with tert-alkyl or cyclic N) is 1. The first kappa shape index (κ1) is 15.3. The van der Waals surface area contributed by atoms with Gasteiger partial charge in [-0.15, -0.1) is 0 Å². The van der Waals surface area contributed by atoms with E-state index in [0.29, 0.717) is 12.6 Å². The maximum absolute atomic E-state index is 10.3. The fraction of sp³-hybridized carbons (Fsp3) is 0.625. The Labute approximate surface area is 121 Å². The second-order valence-electron chi connectivity index (χ2n) is 5.35. The van der Waals surface area contributed by atoms with E-state index >= 15 is 0 Å². The second-order valence-corrected chi connectivity index (χ2v) is 5.35. The molecule has 1 aromatic rings. The molecule has 4 heteroatoms. The molecule has 0 aromatic heterocycles. The number of hydrogen-bond acceptors (Lipinski definition) is 4. The van der Waals surface area contributed by atoms with Crippen LogP contribution in [0.15, 0.2) is 24.3 Å². The number of aliphatic hydroxyl groups is 1. The van der Waals surface area contributed by atoms with E-state index in [0.717, 1.165) is 44.1 Å². The van der Waals surface area contributed by atoms with Gasteiger partial charge < -0.3 is 14.6 Å². The molecule has 0 saturated carbocycles. The molecule has 0 spiro atoms. The third kappa shape index (κ3) is 4.20. The molecule has 1 saturated heterocycles. The van der Waals surface area contributed by atoms with Gasteiger partial charge in [-0.05, 0) is 31.0 Å². The molecule has 0 amide bonds. The van der Waals surface area contributed by atoms with Crippen LogP contribution in [0, 0.1) is 0 Å². The SMILES string of the molecule is CCCOc1ccc(C(O)CN2CCOCC2C)cc1. The predicted molar refractivity (Wildman–Crippen MR) is 79.0 cm³/mol. The molecule has 2 unspecified atom stereocenters. The number of rotatable bonds is 6. The summed E-state index contributed by atoms with van der Waals surface area (Å²) in [5, 5.41) is 10.3. The zero-order valence-electron chi connectivity index (χ0n) is 12.4. The van der Waals surface area contributed by atoms with Gasteiger partial charge in [0.15, 0.2) is 0 Å². The van der Waals surface area contributed by atoms with Crippen LogP contribution >= 0.6 is 0 Å². The van der Waals surface area contributed by atoms with E-state index in [1.165, 1.54) is 0 Å². The van der Waals surface area contributed by atoms with Crippen molar-refractivity contribution in [2.24, 2.45) is 0 Å². The monoisotopic (exact) mass is 279 g/mol. The third-order valence-corrected chi connectivity index (χ3v) is 3.65. The van der Waals surface area contributed by atoms with E-state index < -0.39 is 6.10 Å². The van der Waals surface area contributed by atoms with Gasteiger partial charge in [-0.1, -0.05) is 19.1 Å². The highest BCUT2D eigenvalue weighted by Crippen LogP contribution is 2.20. The summed E-state index contributed by atoms with van der Waals surface area (Å²) in [4.78, 5) is 2.27. The van der Waals surface area contributed by atoms with Gasteiger partial charge in [0.05, 0.1) is 25.9 Å². The summed E-state index contributed by atoms with van der Waals surface area (Å²) in [5.74, 6) is 0.863. The minimum atomic E-state index is -0.462. The molecular weight excluding hydrogens is 254 g/mol. The normalized spacial score (nSPS) is 21.6. The number of morpholine rings is 1. The van der Waals surface area contributed by atoms with Crippen molar-refractivity contribution in [1.29, 1.82) is 0 Å². The van der Waals surface area contributed by atoms with Crippen LogP contribution < -0.4 is 4.74 Å². The lowest BCUT2D eigenvalue weighted by Gasteiger charge is -2.34. The van der Waals surface area contributed by atoms with E-state index in [4.69, 9.17) is 9.47 Å². The Balaban J connectivity index is 1.89. The van der Waals surface area contributed by atoms with E-state index in [2.05, 4.69) is 18.7 Å². The van der Waals surface area contributed by atoms with Crippen LogP contribution in [0.2, 0.25) is 0 Å². The van der Waals surface area contributed by atoms with Crippen LogP contribution in [0.4, 0.5) is 0 Å². The van der Waals surface area contributed by atoms with Crippen molar-refractivity contribution >= 4 is 0 Å². The fourth-order valence-corrected chi connectivity index (χ4v) is 2.37. The van der Waals surface area contributed by atoms with Crippen molar-refractivity contribution in [3.05, 3.63) is 29.8 Å². The topological polar surface area (TPSA) is 41.9 Å². The number of benzene rings is 1. The molecule has 1 aliphatic heterocycles. The van der Waals surface area contributed by atoms with Gasteiger partial charge in [0.2, 0.25) is 0 Å². The van der Waals surface area contributed by atoms with Crippen LogP contribution in [-0.2, 0) is 4.74 Å². The highest BCUT2D eigenvalue weighted by molar-refractivity contribution is 5.28. The Kier molecular flexibility index (Phi) is 5.83. The van der Waals surface area contributed by atoms with Crippen LogP contribution in [0.5, 0.6) is 5.75 Å². The number of nitrogens with zero attached hydrogens (tertiary/aromatic N) is 1. The van der Waals surface area contributed by atoms with Gasteiger partial charge in [0.1, 0.15) is 5.75 Å². The standard InChI is InChI=1S/C16H25NO3/c1-3-9-20-15-6-4-14(5-7-15)16(18)11-17-8-10-19-12-13(17)2/h4-7,13,16,18H,3,8-12H2,1-2H3. The highest BCUT2D eigenvalue weighted by atomic mass is 16.5. The average molecular weight is 279 g/mol. The summed E-state index contributed by atoms with van der Waals surface area (Å²) in [6, 6.07) is 8.11. The van der Waals surface area contributed by atoms with Gasteiger partial charge >= 0.3 is 0 Å². The molecule has 0 bridgehead atoms. The summed E-state index contributed by atoms with van der Waals surface area (Å²) in [5.41, 5.74) is 0.938. The van der Waals surface area contributed by atoms with Crippen LogP contribution in [0.25, 0.3) is 0 Å². The molecule has 1 aromatic carbocycles. The Bertz CT molecular complexity index is 393. The van der Waals surface area contributed by atoms with Crippen molar-refractivity contribution in [3.63, 3.8) is 0 Å². The minimum absolute atomic E-state index is 0.366. The molecule has 1 N–H and O–H groups in total. The Morgan fingerprint density at radius 2 is 2.15 bits per heavy atom. The van der Waals surface area contributed by atoms with Gasteiger partial charge in [-0.2, -0.15) is 0 Å². The summed E-state index contributed by atoms with van der Waals surface area (Å²) in [7, 11) is 0. The van der Waals surface area contributed by atoms with E-state index in [1.54, 1.807) is 0 Å². The Morgan fingerprint density at radius 1 is 1.40 bits per heavy atom. The van der Waals surface area contributed by atoms with Crippen LogP contribution in [0.3, 0.4) is 0 Å². The maximum atomic E-state index is 10.3. The molecule has 2 rings (SSSR count). The molecule has 1 aliphatic rings. The lowest BCUT2D eigenvalue weighted by atomic mass is 10.1. The molecule has 4 nitrogen and oxygen atoms in total. The molecule has 2 atom stereocenters. The van der Waals surface area contributed by atoms with Crippen molar-refractivity contribution < 1.29 is 14.6 Å². The van der Waals surface area contributed by atoms with Gasteiger partial charge in [0, 0.05) is 19.1 Å². The Morgan fingerprint density at radius 3 is 2.80 bits per heavy atom. The zero-order valence-corrected chi connectivity index (χ0v) is 12.4. The lowest BCUT2D eigenvalue weighted by molar-refractivity contribution is -0.0203. The highest BCUT2D eigenvalue weighted by Gasteiger charge is 2.21. The van der Waals surface area contributed by atoms with E-state index in [-0.39, 0.29) is 0 Å². The first-order chi connectivity index (χ1) is 9.70. The molecule has 1 heterocycles. The van der Waals surface area contributed by atoms with E-state index in [1.807, 2.05) is 24.3 Å². The first-order valence-electron chi connectivity index (χ1n) is 7.43. The molecular formula is C16H25NO3. The van der Waals surface area contributed by atoms with Crippen molar-refractivity contribution in [2.45, 2.75) is 32.4 Å². The molecule has 112 valence electrons. The summed E-state index contributed by atoms with van der Waals surface area (Å²) in [6.45, 7) is 7.98. The maximum Gasteiger partial charge on any atom is 0.119 e. The minimum Gasteiger partial charge on any atom is -0.494 e. The number of aliphatic hydroxyl groups excluding tert-OH is 1. The van der Waals surface area contributed by atoms with Crippen molar-refractivity contribution in [3.8, 4) is 5.75 Å². The summed E-state index contributed by atoms with van der Waals surface area (Å²) >= 11 is 0. The molecule has 0 radical (unpaired) electrons. The second kappa shape index (κ2) is 7.62. The Hall–Kier alpha value is -1.10. The summed E-state index contributed by atoms with van der Waals surface area (Å²) in [6.07, 6.45) is 0.537. The van der Waals surface area contributed by atoms with Crippen LogP contribution in [-0.4, -0.2) is 49.0 Å². The van der Waals surface area contributed by atoms with Gasteiger partial charge in [0.25, 0.3) is 0 Å². The lowest BCUT2D eigenvalue weighted by Crippen LogP contribution is -2.45. The number of hydrogen-bond donors (Lipinski definition) is 1. The largest absolute Gasteiger partial charge is 0.494 e. The first-order valence-corrected chi connectivity index (χ1v) is 7.43. The smallest absolute Gasteiger partial charge is 0.119 e. The van der Waals surface area contributed by atoms with E-state index in [9.17, 15) is 5.11 Å². The van der Waals surface area contributed by atoms with Gasteiger partial charge in [-0.3, -0.25) is 4.90 Å². The zero-order chi connectivity index (χ0) is 14.4.